The standard InChI is InChI=1S/C32H57N5O9/c1-12-18(5)25(34-30(44)27(19(6)13-2)37(11)22(9)41)28(42)35-26(20(7)40)29(43)33-24(14-17(3)4)32(45)31(10,16-39)36-23(15-38)21(8)46-32/h15,17-19,21,23-27,36,39,45H,12-14,16H2,1-11H3,(H,33,43)(H,34,44)(H,35,42). The van der Waals surface area contributed by atoms with E-state index in [1.165, 1.54) is 25.8 Å². The summed E-state index contributed by atoms with van der Waals surface area (Å²) in [6.45, 7) is 15.8. The molecule has 1 heterocycles. The first-order valence-corrected chi connectivity index (χ1v) is 16.1. The van der Waals surface area contributed by atoms with Crippen LogP contribution in [0.25, 0.3) is 0 Å². The van der Waals surface area contributed by atoms with Crippen molar-refractivity contribution in [2.24, 2.45) is 17.8 Å². The number of rotatable bonds is 17. The van der Waals surface area contributed by atoms with Gasteiger partial charge in [0, 0.05) is 14.0 Å². The van der Waals surface area contributed by atoms with Crippen LogP contribution in [0.3, 0.4) is 0 Å². The summed E-state index contributed by atoms with van der Waals surface area (Å²) in [5.41, 5.74) is -1.60. The average molecular weight is 656 g/mol. The summed E-state index contributed by atoms with van der Waals surface area (Å²) in [6.07, 6.45) is 0.973. The minimum atomic E-state index is -2.23. The molecule has 0 aliphatic carbocycles. The van der Waals surface area contributed by atoms with Gasteiger partial charge in [0.05, 0.1) is 30.3 Å². The Bertz CT molecular complexity index is 1100. The molecule has 4 amide bonds. The van der Waals surface area contributed by atoms with E-state index < -0.39 is 83.7 Å². The molecule has 10 atom stereocenters. The van der Waals surface area contributed by atoms with Gasteiger partial charge in [0.25, 0.3) is 5.91 Å². The third-order valence-corrected chi connectivity index (χ3v) is 9.22. The van der Waals surface area contributed by atoms with Crippen molar-refractivity contribution in [3.8, 4) is 0 Å². The van der Waals surface area contributed by atoms with Crippen LogP contribution < -0.4 is 21.3 Å². The Morgan fingerprint density at radius 1 is 0.957 bits per heavy atom. The summed E-state index contributed by atoms with van der Waals surface area (Å²) >= 11 is 0. The van der Waals surface area contributed by atoms with Gasteiger partial charge >= 0.3 is 0 Å². The summed E-state index contributed by atoms with van der Waals surface area (Å²) in [5.74, 6) is -6.24. The van der Waals surface area contributed by atoms with Gasteiger partial charge in [-0.2, -0.15) is 0 Å². The third kappa shape index (κ3) is 9.55. The number of hydrogen-bond donors (Lipinski definition) is 6. The molecule has 0 aromatic carbocycles. The van der Waals surface area contributed by atoms with Crippen molar-refractivity contribution in [2.45, 2.75) is 136 Å². The van der Waals surface area contributed by atoms with Crippen LogP contribution in [0.15, 0.2) is 0 Å². The van der Waals surface area contributed by atoms with Crippen molar-refractivity contribution in [3.05, 3.63) is 0 Å². The Labute approximate surface area is 273 Å². The molecule has 264 valence electrons. The first-order chi connectivity index (χ1) is 21.2. The predicted octanol–water partition coefficient (Wildman–Crippen LogP) is 0.0304. The van der Waals surface area contributed by atoms with Crippen LogP contribution in [0.5, 0.6) is 0 Å². The maximum absolute atomic E-state index is 13.7. The molecule has 0 saturated carbocycles. The van der Waals surface area contributed by atoms with Gasteiger partial charge in [0.15, 0.2) is 11.8 Å². The molecule has 1 aliphatic rings. The average Bonchev–Trinajstić information content (AvgIpc) is 2.98. The number of morpholine rings is 1. The van der Waals surface area contributed by atoms with Gasteiger partial charge < -0.3 is 40.6 Å². The molecular weight excluding hydrogens is 598 g/mol. The van der Waals surface area contributed by atoms with E-state index in [0.717, 1.165) is 6.92 Å². The Hall–Kier alpha value is -2.94. The van der Waals surface area contributed by atoms with E-state index in [2.05, 4.69) is 21.3 Å². The van der Waals surface area contributed by atoms with Gasteiger partial charge in [0.2, 0.25) is 23.5 Å². The number of aliphatic hydroxyl groups is 2. The molecule has 1 saturated heterocycles. The van der Waals surface area contributed by atoms with E-state index in [1.54, 1.807) is 13.8 Å². The summed E-state index contributed by atoms with van der Waals surface area (Å²) in [4.78, 5) is 78.7. The maximum atomic E-state index is 13.7. The van der Waals surface area contributed by atoms with Crippen molar-refractivity contribution in [2.75, 3.05) is 13.7 Å². The minimum Gasteiger partial charge on any atom is -0.394 e. The number of carbonyl (C=O) groups excluding carboxylic acids is 6. The highest BCUT2D eigenvalue weighted by molar-refractivity contribution is 6.07. The molecule has 14 nitrogen and oxygen atoms in total. The first-order valence-electron chi connectivity index (χ1n) is 16.1. The molecule has 0 radical (unpaired) electrons. The molecule has 1 aliphatic heterocycles. The number of Topliss-reactive ketones (excluding diaryl/α,β-unsaturated/α-hetero) is 1. The van der Waals surface area contributed by atoms with Gasteiger partial charge in [0.1, 0.15) is 18.4 Å². The number of nitrogens with zero attached hydrogens (tertiary/aromatic N) is 1. The van der Waals surface area contributed by atoms with Crippen molar-refractivity contribution in [1.29, 1.82) is 0 Å². The fraction of sp³-hybridized carbons (Fsp3) is 0.812. The zero-order chi connectivity index (χ0) is 35.7. The molecule has 0 aromatic heterocycles. The smallest absolute Gasteiger partial charge is 0.250 e. The Morgan fingerprint density at radius 3 is 1.96 bits per heavy atom. The van der Waals surface area contributed by atoms with Crippen molar-refractivity contribution < 1.29 is 43.7 Å². The van der Waals surface area contributed by atoms with E-state index in [4.69, 9.17) is 4.74 Å². The highest BCUT2D eigenvalue weighted by Crippen LogP contribution is 2.36. The fourth-order valence-electron chi connectivity index (χ4n) is 5.65. The SMILES string of the molecule is CCC(C)C(NC(=O)C(C(C)CC)N(C)C(C)=O)C(=O)NC(C(C)=O)C(=O)NC(CC(C)C)C1(O)OC(C)C(C=O)NC1(C)CO. The van der Waals surface area contributed by atoms with Crippen LogP contribution in [0.2, 0.25) is 0 Å². The number of nitrogens with one attached hydrogen (secondary N) is 4. The molecule has 14 heteroatoms. The van der Waals surface area contributed by atoms with Gasteiger partial charge in [-0.05, 0) is 44.9 Å². The second kappa shape index (κ2) is 17.3. The summed E-state index contributed by atoms with van der Waals surface area (Å²) in [5, 5.41) is 33.0. The second-order valence-electron chi connectivity index (χ2n) is 13.4. The van der Waals surface area contributed by atoms with Crippen LogP contribution in [0.1, 0.15) is 88.5 Å². The first kappa shape index (κ1) is 41.1. The number of ether oxygens (including phenoxy) is 1. The normalized spacial score (nSPS) is 26.9. The number of hydrogen-bond acceptors (Lipinski definition) is 10. The second-order valence-corrected chi connectivity index (χ2v) is 13.4. The quantitative estimate of drug-likeness (QED) is 0.0917. The highest BCUT2D eigenvalue weighted by Gasteiger charge is 2.59. The maximum Gasteiger partial charge on any atom is 0.250 e. The number of amides is 4. The minimum absolute atomic E-state index is 0.109. The predicted molar refractivity (Wildman–Crippen MR) is 171 cm³/mol. The van der Waals surface area contributed by atoms with Crippen LogP contribution >= 0.6 is 0 Å². The molecule has 1 fully saturated rings. The van der Waals surface area contributed by atoms with E-state index in [9.17, 15) is 39.0 Å². The van der Waals surface area contributed by atoms with Crippen molar-refractivity contribution in [3.63, 3.8) is 0 Å². The zero-order valence-corrected chi connectivity index (χ0v) is 29.3. The van der Waals surface area contributed by atoms with Crippen LogP contribution in [0.4, 0.5) is 0 Å². The van der Waals surface area contributed by atoms with E-state index in [-0.39, 0.29) is 24.2 Å². The number of carbonyl (C=O) groups is 6. The lowest BCUT2D eigenvalue weighted by molar-refractivity contribution is -0.314. The number of aldehydes is 1. The van der Waals surface area contributed by atoms with Crippen LogP contribution in [0, 0.1) is 17.8 Å². The van der Waals surface area contributed by atoms with Crippen molar-refractivity contribution in [1.82, 2.24) is 26.2 Å². The van der Waals surface area contributed by atoms with E-state index >= 15 is 0 Å². The van der Waals surface area contributed by atoms with E-state index in [0.29, 0.717) is 19.1 Å². The topological polar surface area (TPSA) is 203 Å². The summed E-state index contributed by atoms with van der Waals surface area (Å²) < 4.78 is 5.92. The van der Waals surface area contributed by atoms with Crippen LogP contribution in [-0.4, -0.2) is 112 Å². The van der Waals surface area contributed by atoms with E-state index in [1.807, 2.05) is 34.6 Å². The Morgan fingerprint density at radius 2 is 1.52 bits per heavy atom. The molecule has 0 spiro atoms. The third-order valence-electron chi connectivity index (χ3n) is 9.22. The fourth-order valence-corrected chi connectivity index (χ4v) is 5.65. The molecule has 46 heavy (non-hydrogen) atoms. The van der Waals surface area contributed by atoms with Crippen molar-refractivity contribution >= 4 is 35.7 Å². The number of aliphatic hydroxyl groups excluding tert-OH is 1. The van der Waals surface area contributed by atoms with Gasteiger partial charge in [-0.25, -0.2) is 0 Å². The van der Waals surface area contributed by atoms with Gasteiger partial charge in [-0.15, -0.1) is 0 Å². The number of ketones is 1. The lowest BCUT2D eigenvalue weighted by Crippen LogP contribution is -2.79. The lowest BCUT2D eigenvalue weighted by atomic mass is 9.79. The molecule has 0 bridgehead atoms. The summed E-state index contributed by atoms with van der Waals surface area (Å²) in [7, 11) is 1.52. The molecular formula is C32H57N5O9. The monoisotopic (exact) mass is 655 g/mol. The zero-order valence-electron chi connectivity index (χ0n) is 29.3. The van der Waals surface area contributed by atoms with Gasteiger partial charge in [-0.3, -0.25) is 29.3 Å². The largest absolute Gasteiger partial charge is 0.394 e. The Kier molecular flexibility index (Phi) is 15.4. The molecule has 10 unspecified atom stereocenters. The van der Waals surface area contributed by atoms with Gasteiger partial charge in [-0.1, -0.05) is 54.4 Å². The molecule has 0 aromatic rings. The molecule has 1 rings (SSSR count). The highest BCUT2D eigenvalue weighted by atomic mass is 16.6. The summed E-state index contributed by atoms with van der Waals surface area (Å²) in [6, 6.07) is -5.73. The number of likely N-dealkylation sites (N-methyl/N-ethyl adjacent to an activating group) is 1. The molecule has 6 N–H and O–H groups in total. The van der Waals surface area contributed by atoms with Crippen LogP contribution in [-0.2, 0) is 33.5 Å². The Balaban J connectivity index is 3.40. The lowest BCUT2D eigenvalue weighted by Gasteiger charge is -2.55.